The van der Waals surface area contributed by atoms with Gasteiger partial charge in [-0.1, -0.05) is 18.2 Å². The van der Waals surface area contributed by atoms with Gasteiger partial charge in [-0.15, -0.1) is 0 Å². The third-order valence-corrected chi connectivity index (χ3v) is 3.17. The number of para-hydroxylation sites is 2. The van der Waals surface area contributed by atoms with Gasteiger partial charge >= 0.3 is 0 Å². The van der Waals surface area contributed by atoms with Crippen LogP contribution in [0.25, 0.3) is 0 Å². The number of nitrogens with zero attached hydrogens (tertiary/aromatic N) is 1. The highest BCUT2D eigenvalue weighted by Gasteiger charge is 2.11. The van der Waals surface area contributed by atoms with E-state index in [2.05, 4.69) is 10.6 Å². The predicted octanol–water partition coefficient (Wildman–Crippen LogP) is 3.16. The van der Waals surface area contributed by atoms with Crippen LogP contribution in [0.15, 0.2) is 60.3 Å². The number of ether oxygens (including phenoxy) is 2. The Balaban J connectivity index is 2.12. The lowest BCUT2D eigenvalue weighted by Gasteiger charge is -2.09. The Morgan fingerprint density at radius 3 is 2.62 bits per heavy atom. The van der Waals surface area contributed by atoms with Gasteiger partial charge in [-0.3, -0.25) is 4.79 Å². The number of benzene rings is 2. The molecule has 2 aromatic carbocycles. The first-order valence-electron chi connectivity index (χ1n) is 7.13. The number of methoxy groups -OCH3 is 2. The van der Waals surface area contributed by atoms with Crippen molar-refractivity contribution < 1.29 is 14.3 Å². The molecule has 0 fully saturated rings. The maximum absolute atomic E-state index is 12.2. The van der Waals surface area contributed by atoms with Gasteiger partial charge in [0.2, 0.25) is 0 Å². The summed E-state index contributed by atoms with van der Waals surface area (Å²) in [7, 11) is 3.08. The molecule has 2 aromatic rings. The second kappa shape index (κ2) is 8.25. The highest BCUT2D eigenvalue weighted by molar-refractivity contribution is 6.07. The summed E-state index contributed by atoms with van der Waals surface area (Å²) in [5.41, 5.74) is 1.13. The highest BCUT2D eigenvalue weighted by Crippen LogP contribution is 2.23. The molecule has 0 saturated carbocycles. The molecule has 0 aliphatic rings. The Morgan fingerprint density at radius 1 is 1.12 bits per heavy atom. The van der Waals surface area contributed by atoms with Gasteiger partial charge in [-0.05, 0) is 24.3 Å². The minimum Gasteiger partial charge on any atom is -0.497 e. The fraction of sp³-hybridized carbons (Fsp3) is 0.111. The van der Waals surface area contributed by atoms with Crippen LogP contribution >= 0.6 is 0 Å². The average molecular weight is 323 g/mol. The van der Waals surface area contributed by atoms with Gasteiger partial charge in [0.05, 0.1) is 19.9 Å². The summed E-state index contributed by atoms with van der Waals surface area (Å²) in [5.74, 6) is 0.659. The zero-order valence-corrected chi connectivity index (χ0v) is 13.4. The van der Waals surface area contributed by atoms with Crippen LogP contribution in [-0.2, 0) is 4.79 Å². The smallest absolute Gasteiger partial charge is 0.267 e. The molecule has 0 aliphatic heterocycles. The third kappa shape index (κ3) is 4.27. The number of rotatable bonds is 6. The lowest BCUT2D eigenvalue weighted by molar-refractivity contribution is -0.112. The number of nitrogens with one attached hydrogen (secondary N) is 2. The van der Waals surface area contributed by atoms with E-state index in [4.69, 9.17) is 9.47 Å². The molecule has 6 heteroatoms. The van der Waals surface area contributed by atoms with Gasteiger partial charge in [-0.2, -0.15) is 5.26 Å². The summed E-state index contributed by atoms with van der Waals surface area (Å²) >= 11 is 0. The Hall–Kier alpha value is -3.46. The van der Waals surface area contributed by atoms with Crippen molar-refractivity contribution in [2.24, 2.45) is 0 Å². The molecule has 0 unspecified atom stereocenters. The van der Waals surface area contributed by atoms with Crippen molar-refractivity contribution in [3.05, 3.63) is 60.3 Å². The fourth-order valence-electron chi connectivity index (χ4n) is 1.95. The van der Waals surface area contributed by atoms with Crippen molar-refractivity contribution in [3.63, 3.8) is 0 Å². The molecule has 0 bridgehead atoms. The van der Waals surface area contributed by atoms with Crippen LogP contribution in [0.3, 0.4) is 0 Å². The maximum atomic E-state index is 12.2. The Bertz CT molecular complexity index is 794. The van der Waals surface area contributed by atoms with Crippen molar-refractivity contribution in [1.82, 2.24) is 0 Å². The third-order valence-electron chi connectivity index (χ3n) is 3.17. The van der Waals surface area contributed by atoms with Crippen LogP contribution in [0.1, 0.15) is 0 Å². The Morgan fingerprint density at radius 2 is 1.92 bits per heavy atom. The second-order valence-electron chi connectivity index (χ2n) is 4.70. The molecule has 122 valence electrons. The quantitative estimate of drug-likeness (QED) is 0.630. The van der Waals surface area contributed by atoms with Crippen LogP contribution in [0.5, 0.6) is 11.5 Å². The number of anilines is 2. The second-order valence-corrected chi connectivity index (χ2v) is 4.70. The van der Waals surface area contributed by atoms with E-state index in [0.717, 1.165) is 0 Å². The standard InChI is InChI=1S/C18H17N3O3/c1-23-15-7-5-6-14(10-15)20-12-13(11-19)18(22)21-16-8-3-4-9-17(16)24-2/h3-10,12,20H,1-2H3,(H,21,22)/b13-12-. The summed E-state index contributed by atoms with van der Waals surface area (Å²) in [4.78, 5) is 12.2. The van der Waals surface area contributed by atoms with Crippen LogP contribution in [0, 0.1) is 11.3 Å². The first-order chi connectivity index (χ1) is 11.7. The molecular formula is C18H17N3O3. The van der Waals surface area contributed by atoms with Crippen LogP contribution in [0.4, 0.5) is 11.4 Å². The van der Waals surface area contributed by atoms with E-state index in [1.54, 1.807) is 55.6 Å². The number of hydrogen-bond donors (Lipinski definition) is 2. The lowest BCUT2D eigenvalue weighted by Crippen LogP contribution is -2.15. The number of carbonyl (C=O) groups excluding carboxylic acids is 1. The van der Waals surface area contributed by atoms with E-state index < -0.39 is 5.91 Å². The summed E-state index contributed by atoms with van der Waals surface area (Å²) in [6, 6.07) is 16.0. The zero-order valence-electron chi connectivity index (χ0n) is 13.4. The molecule has 0 aliphatic carbocycles. The molecule has 0 heterocycles. The molecular weight excluding hydrogens is 306 g/mol. The lowest BCUT2D eigenvalue weighted by atomic mass is 10.2. The molecule has 0 radical (unpaired) electrons. The van der Waals surface area contributed by atoms with Crippen LogP contribution in [-0.4, -0.2) is 20.1 Å². The van der Waals surface area contributed by atoms with E-state index in [0.29, 0.717) is 22.9 Å². The van der Waals surface area contributed by atoms with Crippen LogP contribution in [0.2, 0.25) is 0 Å². The molecule has 6 nitrogen and oxygen atoms in total. The van der Waals surface area contributed by atoms with Crippen molar-refractivity contribution in [1.29, 1.82) is 5.26 Å². The van der Waals surface area contributed by atoms with Gasteiger partial charge in [0.15, 0.2) is 0 Å². The first kappa shape index (κ1) is 16.9. The normalized spacial score (nSPS) is 10.5. The molecule has 2 N–H and O–H groups in total. The summed E-state index contributed by atoms with van der Waals surface area (Å²) < 4.78 is 10.3. The van der Waals surface area contributed by atoms with Gasteiger partial charge in [0.1, 0.15) is 23.1 Å². The zero-order chi connectivity index (χ0) is 17.4. The molecule has 0 aromatic heterocycles. The largest absolute Gasteiger partial charge is 0.497 e. The molecule has 0 spiro atoms. The van der Waals surface area contributed by atoms with E-state index in [9.17, 15) is 10.1 Å². The van der Waals surface area contributed by atoms with Crippen molar-refractivity contribution >= 4 is 17.3 Å². The van der Waals surface area contributed by atoms with E-state index >= 15 is 0 Å². The topological polar surface area (TPSA) is 83.4 Å². The summed E-state index contributed by atoms with van der Waals surface area (Å²) in [6.07, 6.45) is 1.35. The summed E-state index contributed by atoms with van der Waals surface area (Å²) in [6.45, 7) is 0. The van der Waals surface area contributed by atoms with Gasteiger partial charge < -0.3 is 20.1 Å². The minimum absolute atomic E-state index is 0.0660. The Kier molecular flexibility index (Phi) is 5.81. The monoisotopic (exact) mass is 323 g/mol. The predicted molar refractivity (Wildman–Crippen MR) is 91.9 cm³/mol. The number of hydrogen-bond acceptors (Lipinski definition) is 5. The Labute approximate surface area is 140 Å². The fourth-order valence-corrected chi connectivity index (χ4v) is 1.95. The summed E-state index contributed by atoms with van der Waals surface area (Å²) in [5, 5.41) is 14.8. The van der Waals surface area contributed by atoms with Crippen LogP contribution < -0.4 is 20.1 Å². The van der Waals surface area contributed by atoms with E-state index in [-0.39, 0.29) is 5.57 Å². The van der Waals surface area contributed by atoms with Gasteiger partial charge in [0, 0.05) is 18.0 Å². The first-order valence-corrected chi connectivity index (χ1v) is 7.13. The van der Waals surface area contributed by atoms with Gasteiger partial charge in [0.25, 0.3) is 5.91 Å². The highest BCUT2D eigenvalue weighted by atomic mass is 16.5. The van der Waals surface area contributed by atoms with Gasteiger partial charge in [-0.25, -0.2) is 0 Å². The van der Waals surface area contributed by atoms with E-state index in [1.807, 2.05) is 6.07 Å². The molecule has 2 rings (SSSR count). The minimum atomic E-state index is -0.530. The molecule has 0 atom stereocenters. The van der Waals surface area contributed by atoms with Crippen molar-refractivity contribution in [2.45, 2.75) is 0 Å². The maximum Gasteiger partial charge on any atom is 0.267 e. The number of carbonyl (C=O) groups is 1. The number of amides is 1. The number of nitriles is 1. The van der Waals surface area contributed by atoms with Crippen molar-refractivity contribution in [2.75, 3.05) is 24.9 Å². The van der Waals surface area contributed by atoms with Crippen molar-refractivity contribution in [3.8, 4) is 17.6 Å². The molecule has 1 amide bonds. The molecule has 0 saturated heterocycles. The SMILES string of the molecule is COc1cccc(N/C=C(/C#N)C(=O)Nc2ccccc2OC)c1. The average Bonchev–Trinajstić information content (AvgIpc) is 2.63. The van der Waals surface area contributed by atoms with E-state index in [1.165, 1.54) is 13.3 Å². The molecule has 24 heavy (non-hydrogen) atoms.